The highest BCUT2D eigenvalue weighted by Gasteiger charge is 2.37. The van der Waals surface area contributed by atoms with Gasteiger partial charge in [-0.15, -0.1) is 5.10 Å². The van der Waals surface area contributed by atoms with Crippen LogP contribution in [0.5, 0.6) is 11.5 Å². The lowest BCUT2D eigenvalue weighted by Crippen LogP contribution is -2.35. The van der Waals surface area contributed by atoms with Gasteiger partial charge in [-0.05, 0) is 73.0 Å². The van der Waals surface area contributed by atoms with Gasteiger partial charge in [0, 0.05) is 13.1 Å². The number of likely N-dealkylation sites (tertiary alicyclic amines) is 1. The van der Waals surface area contributed by atoms with Crippen molar-refractivity contribution in [2.24, 2.45) is 10.1 Å². The largest absolute Gasteiger partial charge is 0.490 e. The zero-order valence-electron chi connectivity index (χ0n) is 18.9. The first-order valence-electron chi connectivity index (χ1n) is 11.2. The van der Waals surface area contributed by atoms with Crippen LogP contribution in [0.1, 0.15) is 24.0 Å². The molecule has 1 N–H and O–H groups in total. The predicted octanol–water partition coefficient (Wildman–Crippen LogP) is 4.13. The molecule has 1 saturated heterocycles. The second-order valence-corrected chi connectivity index (χ2v) is 9.11. The fraction of sp³-hybridized carbons (Fsp3) is 0.280. The number of rotatable bonds is 6. The zero-order chi connectivity index (χ0) is 23.5. The summed E-state index contributed by atoms with van der Waals surface area (Å²) < 4.78 is 11.5. The number of fused-ring (bicyclic) bond motifs is 1. The molecule has 9 heteroatoms. The van der Waals surface area contributed by atoms with Crippen molar-refractivity contribution in [1.82, 2.24) is 9.91 Å². The summed E-state index contributed by atoms with van der Waals surface area (Å²) in [5.74, 6) is 1.15. The van der Waals surface area contributed by atoms with Crippen LogP contribution >= 0.6 is 11.8 Å². The van der Waals surface area contributed by atoms with Gasteiger partial charge in [-0.25, -0.2) is 0 Å². The van der Waals surface area contributed by atoms with E-state index in [0.717, 1.165) is 48.0 Å². The smallest absolute Gasteiger partial charge is 0.283 e. The molecule has 174 valence electrons. The first-order valence-corrected chi connectivity index (χ1v) is 12.1. The molecule has 0 radical (unpaired) electrons. The number of carbonyl (C=O) groups is 1. The maximum Gasteiger partial charge on any atom is 0.283 e. The third-order valence-corrected chi connectivity index (χ3v) is 6.59. The van der Waals surface area contributed by atoms with Crippen LogP contribution in [0, 0.1) is 12.3 Å². The molecule has 0 saturated carbocycles. The monoisotopic (exact) mass is 475 g/mol. The summed E-state index contributed by atoms with van der Waals surface area (Å²) in [5, 5.41) is 15.8. The molecule has 8 nitrogen and oxygen atoms in total. The molecule has 2 aromatic carbocycles. The van der Waals surface area contributed by atoms with Gasteiger partial charge in [0.15, 0.2) is 11.0 Å². The van der Waals surface area contributed by atoms with Crippen LogP contribution in [0.25, 0.3) is 6.08 Å². The summed E-state index contributed by atoms with van der Waals surface area (Å²) in [7, 11) is 0. The van der Waals surface area contributed by atoms with Crippen LogP contribution in [0.2, 0.25) is 0 Å². The van der Waals surface area contributed by atoms with Crippen LogP contribution in [0.4, 0.5) is 0 Å². The lowest BCUT2D eigenvalue weighted by atomic mass is 10.1. The summed E-state index contributed by atoms with van der Waals surface area (Å²) in [6.07, 6.45) is 3.93. The molecule has 0 aromatic heterocycles. The summed E-state index contributed by atoms with van der Waals surface area (Å²) in [4.78, 5) is 19.0. The minimum Gasteiger partial charge on any atom is -0.490 e. The first-order chi connectivity index (χ1) is 16.6. The summed E-state index contributed by atoms with van der Waals surface area (Å²) in [6, 6.07) is 15.3. The third-order valence-electron chi connectivity index (χ3n) is 5.62. The minimum atomic E-state index is -0.421. The van der Waals surface area contributed by atoms with Gasteiger partial charge >= 0.3 is 0 Å². The van der Waals surface area contributed by atoms with Gasteiger partial charge in [0.05, 0.1) is 5.57 Å². The van der Waals surface area contributed by atoms with Gasteiger partial charge in [0.25, 0.3) is 5.91 Å². The SMILES string of the molecule is Cc1cccc(OCCOc2ccc(/C=C3/C(=N)N4N=C(N5CCCC5)SC4=NC3=O)cc2)c1. The molecular formula is C25H25N5O3S. The highest BCUT2D eigenvalue weighted by atomic mass is 32.2. The topological polar surface area (TPSA) is 90.6 Å². The molecule has 1 fully saturated rings. The standard InChI is InChI=1S/C25H25N5O3S/c1-17-5-4-6-20(15-17)33-14-13-32-19-9-7-18(8-10-19)16-21-22(26)30-24(27-23(21)31)34-25(28-30)29-11-2-3-12-29/h4-10,15-16,26H,2-3,11-14H2,1H3/b21-16-,26-22?. The molecule has 0 atom stereocenters. The van der Waals surface area contributed by atoms with E-state index in [9.17, 15) is 4.79 Å². The number of thioether (sulfide) groups is 1. The molecule has 0 unspecified atom stereocenters. The van der Waals surface area contributed by atoms with Crippen LogP contribution in [-0.4, -0.2) is 58.3 Å². The number of hydrogen-bond donors (Lipinski definition) is 1. The Kier molecular flexibility index (Phi) is 6.35. The predicted molar refractivity (Wildman–Crippen MR) is 134 cm³/mol. The Labute approximate surface area is 202 Å². The van der Waals surface area contributed by atoms with E-state index >= 15 is 0 Å². The molecular weight excluding hydrogens is 450 g/mol. The molecule has 3 aliphatic rings. The van der Waals surface area contributed by atoms with Gasteiger partial charge < -0.3 is 14.4 Å². The van der Waals surface area contributed by atoms with Crippen LogP contribution < -0.4 is 9.47 Å². The number of nitrogens with zero attached hydrogens (tertiary/aromatic N) is 4. The number of amidine groups is 3. The molecule has 1 amide bonds. The lowest BCUT2D eigenvalue weighted by molar-refractivity contribution is -0.114. The van der Waals surface area contributed by atoms with Gasteiger partial charge in [0.1, 0.15) is 24.7 Å². The summed E-state index contributed by atoms with van der Waals surface area (Å²) in [6.45, 7) is 4.78. The summed E-state index contributed by atoms with van der Waals surface area (Å²) in [5.41, 5.74) is 2.15. The van der Waals surface area contributed by atoms with Gasteiger partial charge in [-0.3, -0.25) is 10.2 Å². The van der Waals surface area contributed by atoms with E-state index in [1.54, 1.807) is 6.08 Å². The van der Waals surface area contributed by atoms with E-state index in [-0.39, 0.29) is 11.4 Å². The fourth-order valence-corrected chi connectivity index (χ4v) is 4.81. The molecule has 0 spiro atoms. The van der Waals surface area contributed by atoms with Gasteiger partial charge in [-0.1, -0.05) is 24.3 Å². The Morgan fingerprint density at radius 3 is 2.50 bits per heavy atom. The Morgan fingerprint density at radius 1 is 1.03 bits per heavy atom. The highest BCUT2D eigenvalue weighted by Crippen LogP contribution is 2.31. The van der Waals surface area contributed by atoms with Crippen molar-refractivity contribution in [3.8, 4) is 11.5 Å². The number of nitrogens with one attached hydrogen (secondary N) is 1. The average molecular weight is 476 g/mol. The van der Waals surface area contributed by atoms with Crippen LogP contribution in [0.3, 0.4) is 0 Å². The van der Waals surface area contributed by atoms with Crippen molar-refractivity contribution < 1.29 is 14.3 Å². The Hall–Kier alpha value is -3.59. The molecule has 34 heavy (non-hydrogen) atoms. The Bertz CT molecular complexity index is 1200. The van der Waals surface area contributed by atoms with Crippen molar-refractivity contribution >= 4 is 39.9 Å². The number of aliphatic imine (C=N–C) groups is 1. The van der Waals surface area contributed by atoms with E-state index in [1.807, 2.05) is 55.5 Å². The number of carbonyl (C=O) groups excluding carboxylic acids is 1. The molecule has 3 heterocycles. The summed E-state index contributed by atoms with van der Waals surface area (Å²) >= 11 is 1.35. The second kappa shape index (κ2) is 9.72. The van der Waals surface area contributed by atoms with Crippen molar-refractivity contribution in [2.75, 3.05) is 26.3 Å². The van der Waals surface area contributed by atoms with E-state index in [1.165, 1.54) is 16.8 Å². The number of ether oxygens (including phenoxy) is 2. The van der Waals surface area contributed by atoms with E-state index < -0.39 is 5.91 Å². The van der Waals surface area contributed by atoms with Crippen molar-refractivity contribution in [3.63, 3.8) is 0 Å². The van der Waals surface area contributed by atoms with E-state index in [2.05, 4.69) is 15.0 Å². The average Bonchev–Trinajstić information content (AvgIpc) is 3.51. The van der Waals surface area contributed by atoms with Crippen molar-refractivity contribution in [1.29, 1.82) is 5.41 Å². The molecule has 3 aliphatic heterocycles. The number of benzene rings is 2. The van der Waals surface area contributed by atoms with Crippen molar-refractivity contribution in [2.45, 2.75) is 19.8 Å². The maximum atomic E-state index is 12.6. The zero-order valence-corrected chi connectivity index (χ0v) is 19.7. The van der Waals surface area contributed by atoms with Gasteiger partial charge in [0.2, 0.25) is 5.17 Å². The Balaban J connectivity index is 1.20. The quantitative estimate of drug-likeness (QED) is 0.499. The van der Waals surface area contributed by atoms with Gasteiger partial charge in [-0.2, -0.15) is 10.0 Å². The Morgan fingerprint density at radius 2 is 1.76 bits per heavy atom. The number of hydrogen-bond acceptors (Lipinski definition) is 7. The highest BCUT2D eigenvalue weighted by molar-refractivity contribution is 8.26. The molecule has 2 aromatic rings. The maximum absolute atomic E-state index is 12.6. The first kappa shape index (κ1) is 22.2. The molecule has 5 rings (SSSR count). The van der Waals surface area contributed by atoms with Crippen molar-refractivity contribution in [3.05, 3.63) is 65.2 Å². The number of hydrazone groups is 1. The molecule has 0 bridgehead atoms. The third kappa shape index (κ3) is 4.84. The lowest BCUT2D eigenvalue weighted by Gasteiger charge is -2.20. The van der Waals surface area contributed by atoms with E-state index in [0.29, 0.717) is 24.1 Å². The minimum absolute atomic E-state index is 0.0466. The second-order valence-electron chi connectivity index (χ2n) is 8.18. The van der Waals surface area contributed by atoms with E-state index in [4.69, 9.17) is 14.9 Å². The van der Waals surface area contributed by atoms with Crippen LogP contribution in [0.15, 0.2) is 64.2 Å². The fourth-order valence-electron chi connectivity index (χ4n) is 3.87. The number of aryl methyl sites for hydroxylation is 1. The molecule has 0 aliphatic carbocycles. The van der Waals surface area contributed by atoms with Crippen LogP contribution in [-0.2, 0) is 4.79 Å². The number of amides is 1. The normalized spacial score (nSPS) is 18.8.